The minimum atomic E-state index is -0.599. The lowest BCUT2D eigenvalue weighted by atomic mass is 9.95. The summed E-state index contributed by atoms with van der Waals surface area (Å²) in [6.45, 7) is 5.74. The third-order valence-corrected chi connectivity index (χ3v) is 6.71. The molecule has 0 spiro atoms. The quantitative estimate of drug-likeness (QED) is 0.760. The van der Waals surface area contributed by atoms with Crippen LogP contribution in [0.4, 0.5) is 0 Å². The van der Waals surface area contributed by atoms with E-state index in [0.29, 0.717) is 17.7 Å². The predicted octanol–water partition coefficient (Wildman–Crippen LogP) is 2.90. The SMILES string of the molecule is Cc1c(C(=O)N[C@H]2C(=O)N(C3CCCCC3)N(C)C2C)noc1[C@@H]1CC=C[C@H](C)O1. The third-order valence-electron chi connectivity index (χ3n) is 6.71. The zero-order valence-electron chi connectivity index (χ0n) is 18.3. The van der Waals surface area contributed by atoms with Gasteiger partial charge in [0.1, 0.15) is 12.1 Å². The Bertz CT molecular complexity index is 829. The van der Waals surface area contributed by atoms with Crippen LogP contribution in [0.1, 0.15) is 80.3 Å². The molecule has 1 saturated heterocycles. The molecule has 2 fully saturated rings. The molecule has 1 saturated carbocycles. The van der Waals surface area contributed by atoms with Crippen molar-refractivity contribution in [1.29, 1.82) is 0 Å². The van der Waals surface area contributed by atoms with Crippen LogP contribution in [0, 0.1) is 6.92 Å². The molecule has 30 heavy (non-hydrogen) atoms. The number of amides is 2. The van der Waals surface area contributed by atoms with E-state index < -0.39 is 6.04 Å². The van der Waals surface area contributed by atoms with E-state index in [9.17, 15) is 9.59 Å². The van der Waals surface area contributed by atoms with Crippen molar-refractivity contribution >= 4 is 11.8 Å². The topological polar surface area (TPSA) is 87.9 Å². The first-order chi connectivity index (χ1) is 14.4. The van der Waals surface area contributed by atoms with E-state index in [2.05, 4.69) is 16.5 Å². The van der Waals surface area contributed by atoms with E-state index in [1.54, 1.807) is 0 Å². The second-order valence-electron chi connectivity index (χ2n) is 8.75. The van der Waals surface area contributed by atoms with Crippen LogP contribution in [0.2, 0.25) is 0 Å². The minimum Gasteiger partial charge on any atom is -0.363 e. The van der Waals surface area contributed by atoms with Crippen molar-refractivity contribution in [3.8, 4) is 0 Å². The summed E-state index contributed by atoms with van der Waals surface area (Å²) in [7, 11) is 1.93. The van der Waals surface area contributed by atoms with Crippen LogP contribution in [0.15, 0.2) is 16.7 Å². The lowest BCUT2D eigenvalue weighted by molar-refractivity contribution is -0.143. The van der Waals surface area contributed by atoms with Crippen molar-refractivity contribution in [2.45, 2.75) is 89.6 Å². The summed E-state index contributed by atoms with van der Waals surface area (Å²) in [5, 5.41) is 10.8. The number of hydrogen-bond donors (Lipinski definition) is 1. The average molecular weight is 417 g/mol. The maximum absolute atomic E-state index is 13.2. The maximum Gasteiger partial charge on any atom is 0.274 e. The number of likely N-dealkylation sites (N-methyl/N-ethyl adjacent to an activating group) is 1. The molecule has 8 nitrogen and oxygen atoms in total. The van der Waals surface area contributed by atoms with E-state index in [-0.39, 0.29) is 41.8 Å². The first kappa shape index (κ1) is 21.1. The molecular weight excluding hydrogens is 384 g/mol. The highest BCUT2D eigenvalue weighted by atomic mass is 16.5. The summed E-state index contributed by atoms with van der Waals surface area (Å²) >= 11 is 0. The molecule has 1 aromatic heterocycles. The van der Waals surface area contributed by atoms with Gasteiger partial charge in [-0.25, -0.2) is 5.01 Å². The second kappa shape index (κ2) is 8.51. The van der Waals surface area contributed by atoms with Crippen molar-refractivity contribution < 1.29 is 18.8 Å². The van der Waals surface area contributed by atoms with Gasteiger partial charge in [0.2, 0.25) is 0 Å². The van der Waals surface area contributed by atoms with E-state index in [1.807, 2.05) is 43.9 Å². The molecule has 4 rings (SSSR count). The molecule has 2 amide bonds. The fourth-order valence-electron chi connectivity index (χ4n) is 4.85. The number of carbonyl (C=O) groups excluding carboxylic acids is 2. The number of nitrogens with one attached hydrogen (secondary N) is 1. The molecule has 2 aliphatic heterocycles. The molecule has 1 N–H and O–H groups in total. The van der Waals surface area contributed by atoms with Gasteiger partial charge in [-0.1, -0.05) is 36.6 Å². The van der Waals surface area contributed by atoms with Crippen molar-refractivity contribution in [3.63, 3.8) is 0 Å². The Morgan fingerprint density at radius 3 is 2.67 bits per heavy atom. The first-order valence-corrected chi connectivity index (χ1v) is 11.0. The van der Waals surface area contributed by atoms with Gasteiger partial charge in [-0.15, -0.1) is 0 Å². The van der Waals surface area contributed by atoms with Crippen LogP contribution >= 0.6 is 0 Å². The van der Waals surface area contributed by atoms with Crippen molar-refractivity contribution in [1.82, 2.24) is 20.5 Å². The lowest BCUT2D eigenvalue weighted by Crippen LogP contribution is -2.47. The van der Waals surface area contributed by atoms with Gasteiger partial charge in [-0.05, 0) is 40.0 Å². The fraction of sp³-hybridized carbons (Fsp3) is 0.682. The molecule has 1 aliphatic carbocycles. The smallest absolute Gasteiger partial charge is 0.274 e. The largest absolute Gasteiger partial charge is 0.363 e. The molecule has 4 atom stereocenters. The Morgan fingerprint density at radius 1 is 1.23 bits per heavy atom. The molecule has 0 bridgehead atoms. The molecule has 0 aromatic carbocycles. The van der Waals surface area contributed by atoms with Gasteiger partial charge in [0.15, 0.2) is 11.5 Å². The maximum atomic E-state index is 13.2. The van der Waals surface area contributed by atoms with Crippen LogP contribution in [0.3, 0.4) is 0 Å². The summed E-state index contributed by atoms with van der Waals surface area (Å²) in [4.78, 5) is 26.1. The van der Waals surface area contributed by atoms with Gasteiger partial charge < -0.3 is 14.6 Å². The van der Waals surface area contributed by atoms with Crippen LogP contribution < -0.4 is 5.32 Å². The third kappa shape index (κ3) is 3.78. The Hall–Kier alpha value is -2.19. The van der Waals surface area contributed by atoms with Crippen LogP contribution in [-0.4, -0.2) is 58.3 Å². The Kier molecular flexibility index (Phi) is 5.97. The highest BCUT2D eigenvalue weighted by molar-refractivity contribution is 5.98. The predicted molar refractivity (Wildman–Crippen MR) is 110 cm³/mol. The molecule has 3 aliphatic rings. The van der Waals surface area contributed by atoms with Gasteiger partial charge >= 0.3 is 0 Å². The summed E-state index contributed by atoms with van der Waals surface area (Å²) < 4.78 is 11.4. The highest BCUT2D eigenvalue weighted by Crippen LogP contribution is 2.32. The molecule has 1 unspecified atom stereocenters. The average Bonchev–Trinajstić information content (AvgIpc) is 3.22. The lowest BCUT2D eigenvalue weighted by Gasteiger charge is -2.36. The minimum absolute atomic E-state index is 0.0104. The number of nitrogens with zero attached hydrogens (tertiary/aromatic N) is 3. The van der Waals surface area contributed by atoms with Gasteiger partial charge in [-0.2, -0.15) is 0 Å². The number of aromatic nitrogens is 1. The van der Waals surface area contributed by atoms with Gasteiger partial charge in [0, 0.05) is 18.7 Å². The summed E-state index contributed by atoms with van der Waals surface area (Å²) in [6.07, 6.45) is 10.0. The number of rotatable bonds is 4. The zero-order valence-corrected chi connectivity index (χ0v) is 18.3. The fourth-order valence-corrected chi connectivity index (χ4v) is 4.85. The molecule has 164 valence electrons. The zero-order chi connectivity index (χ0) is 21.4. The first-order valence-electron chi connectivity index (χ1n) is 11.0. The molecule has 0 radical (unpaired) electrons. The number of carbonyl (C=O) groups is 2. The summed E-state index contributed by atoms with van der Waals surface area (Å²) in [6, 6.07) is -0.500. The molecule has 3 heterocycles. The van der Waals surface area contributed by atoms with Crippen LogP contribution in [0.5, 0.6) is 0 Å². The van der Waals surface area contributed by atoms with Crippen molar-refractivity contribution in [2.75, 3.05) is 7.05 Å². The number of hydrogen-bond acceptors (Lipinski definition) is 6. The molecule has 1 aromatic rings. The van der Waals surface area contributed by atoms with Gasteiger partial charge in [0.25, 0.3) is 11.8 Å². The van der Waals surface area contributed by atoms with E-state index in [0.717, 1.165) is 25.7 Å². The van der Waals surface area contributed by atoms with E-state index >= 15 is 0 Å². The summed E-state index contributed by atoms with van der Waals surface area (Å²) in [5.41, 5.74) is 0.880. The Balaban J connectivity index is 1.47. The van der Waals surface area contributed by atoms with Gasteiger partial charge in [0.05, 0.1) is 12.1 Å². The Morgan fingerprint density at radius 2 is 1.97 bits per heavy atom. The normalized spacial score (nSPS) is 30.8. The van der Waals surface area contributed by atoms with Crippen molar-refractivity contribution in [3.05, 3.63) is 29.2 Å². The summed E-state index contributed by atoms with van der Waals surface area (Å²) in [5.74, 6) is 0.148. The van der Waals surface area contributed by atoms with Crippen LogP contribution in [-0.2, 0) is 9.53 Å². The number of ether oxygens (including phenoxy) is 1. The van der Waals surface area contributed by atoms with Crippen molar-refractivity contribution in [2.24, 2.45) is 0 Å². The highest BCUT2D eigenvalue weighted by Gasteiger charge is 2.46. The Labute approximate surface area is 177 Å². The van der Waals surface area contributed by atoms with Gasteiger partial charge in [-0.3, -0.25) is 14.6 Å². The second-order valence-corrected chi connectivity index (χ2v) is 8.75. The van der Waals surface area contributed by atoms with E-state index in [1.165, 1.54) is 6.42 Å². The number of hydrazine groups is 1. The standard InChI is InChI=1S/C22H32N4O4/c1-13-9-8-12-17(29-13)20-14(2)18(24-30-20)21(27)23-19-15(3)25(4)26(22(19)28)16-10-6-5-7-11-16/h8-9,13,15-17,19H,5-7,10-12H2,1-4H3,(H,23,27)/t13-,15?,17-,19+/m0/s1. The van der Waals surface area contributed by atoms with Crippen LogP contribution in [0.25, 0.3) is 0 Å². The molecule has 8 heteroatoms. The monoisotopic (exact) mass is 416 g/mol. The molecular formula is C22H32N4O4. The van der Waals surface area contributed by atoms with E-state index in [4.69, 9.17) is 9.26 Å².